The topological polar surface area (TPSA) is 142 Å². The molecule has 2 aliphatic carbocycles. The summed E-state index contributed by atoms with van der Waals surface area (Å²) >= 11 is 0. The molecule has 2 heterocycles. The molecule has 0 spiro atoms. The number of fused-ring (bicyclic) bond motifs is 1. The molecule has 4 aliphatic rings. The molecule has 0 saturated carbocycles. The van der Waals surface area contributed by atoms with Gasteiger partial charge in [0.15, 0.2) is 0 Å². The van der Waals surface area contributed by atoms with E-state index in [2.05, 4.69) is 32.1 Å². The average Bonchev–Trinajstić information content (AvgIpc) is 3.68. The molecule has 0 aromatic heterocycles. The van der Waals surface area contributed by atoms with Crippen LogP contribution in [-0.4, -0.2) is 106 Å². The number of ether oxygens (including phenoxy) is 8. The number of hydrogen-bond acceptors (Lipinski definition) is 14. The maximum atomic E-state index is 12.8. The standard InChI is InChI=1S/C41H64O12S2/c1-5-29(3)40(44)53-36-25-28(2)24-31-11-10-30(4)35(39(31)36)13-12-32-26-33(27-38(43)51-32)52-41(45)50-22-20-48-18-16-46-15-17-47-19-21-49-37(42)9-7-6-8-34-14-23-54-55-34/h10-11,24,28-30,32-36,39H,5-9,12-23,25-27H2,1-4H3/t28-,29?,30?,32?,33?,34?,35+,36-,39-/m1/s1. The van der Waals surface area contributed by atoms with Crippen molar-refractivity contribution in [2.24, 2.45) is 29.6 Å². The predicted octanol–water partition coefficient (Wildman–Crippen LogP) is 7.66. The van der Waals surface area contributed by atoms with Gasteiger partial charge < -0.3 is 37.9 Å². The molecule has 4 rings (SSSR count). The number of esters is 3. The fourth-order valence-electron chi connectivity index (χ4n) is 7.53. The van der Waals surface area contributed by atoms with Gasteiger partial charge in [0.2, 0.25) is 0 Å². The summed E-state index contributed by atoms with van der Waals surface area (Å²) in [5.74, 6) is 1.26. The Bertz CT molecular complexity index is 1250. The zero-order valence-electron chi connectivity index (χ0n) is 33.3. The van der Waals surface area contributed by atoms with E-state index in [4.69, 9.17) is 37.9 Å². The Morgan fingerprint density at radius 2 is 1.60 bits per heavy atom. The van der Waals surface area contributed by atoms with Crippen molar-refractivity contribution in [2.45, 2.75) is 122 Å². The van der Waals surface area contributed by atoms with Crippen LogP contribution in [0, 0.1) is 29.6 Å². The maximum absolute atomic E-state index is 12.8. The van der Waals surface area contributed by atoms with Crippen LogP contribution in [0.3, 0.4) is 0 Å². The fourth-order valence-corrected chi connectivity index (χ4v) is 10.6. The predicted molar refractivity (Wildman–Crippen MR) is 211 cm³/mol. The zero-order chi connectivity index (χ0) is 39.4. The summed E-state index contributed by atoms with van der Waals surface area (Å²) in [6, 6.07) is 0. The second kappa shape index (κ2) is 25.2. The summed E-state index contributed by atoms with van der Waals surface area (Å²) in [5, 5.41) is 0.741. The molecule has 0 radical (unpaired) electrons. The highest BCUT2D eigenvalue weighted by Gasteiger charge is 2.42. The van der Waals surface area contributed by atoms with Crippen LogP contribution in [0.4, 0.5) is 4.79 Å². The van der Waals surface area contributed by atoms with E-state index >= 15 is 0 Å². The number of hydrogen-bond donors (Lipinski definition) is 0. The third-order valence-corrected chi connectivity index (χ3v) is 13.8. The molecule has 2 aliphatic heterocycles. The lowest BCUT2D eigenvalue weighted by atomic mass is 9.65. The van der Waals surface area contributed by atoms with E-state index in [-0.39, 0.29) is 74.1 Å². The molecule has 0 aromatic carbocycles. The molecule has 0 amide bonds. The van der Waals surface area contributed by atoms with Crippen LogP contribution in [0.2, 0.25) is 0 Å². The van der Waals surface area contributed by atoms with Crippen molar-refractivity contribution in [1.82, 2.24) is 0 Å². The zero-order valence-corrected chi connectivity index (χ0v) is 34.9. The molecule has 14 heteroatoms. The van der Waals surface area contributed by atoms with Crippen molar-refractivity contribution in [3.8, 4) is 0 Å². The van der Waals surface area contributed by atoms with Gasteiger partial charge in [0.25, 0.3) is 0 Å². The van der Waals surface area contributed by atoms with Gasteiger partial charge >= 0.3 is 24.1 Å². The normalized spacial score (nSPS) is 28.1. The molecule has 0 bridgehead atoms. The summed E-state index contributed by atoms with van der Waals surface area (Å²) in [6.07, 6.45) is 12.8. The van der Waals surface area contributed by atoms with Crippen molar-refractivity contribution >= 4 is 45.7 Å². The first-order valence-corrected chi connectivity index (χ1v) is 22.8. The minimum absolute atomic E-state index is 0.00568. The largest absolute Gasteiger partial charge is 0.508 e. The first-order valence-electron chi connectivity index (χ1n) is 20.4. The van der Waals surface area contributed by atoms with Crippen LogP contribution in [0.25, 0.3) is 0 Å². The Hall–Kier alpha value is -2.26. The van der Waals surface area contributed by atoms with Crippen LogP contribution >= 0.6 is 21.6 Å². The minimum atomic E-state index is -0.845. The van der Waals surface area contributed by atoms with E-state index in [1.165, 1.54) is 24.2 Å². The number of rotatable bonds is 24. The number of allylic oxidation sites excluding steroid dienone is 3. The molecule has 5 unspecified atom stereocenters. The van der Waals surface area contributed by atoms with Crippen LogP contribution in [-0.2, 0) is 52.3 Å². The maximum Gasteiger partial charge on any atom is 0.508 e. The number of carbonyl (C=O) groups excluding carboxylic acids is 4. The summed E-state index contributed by atoms with van der Waals surface area (Å²) in [7, 11) is 3.91. The fraction of sp³-hybridized carbons (Fsp3) is 0.805. The SMILES string of the molecule is CCC(C)C(=O)O[C@@H]1C[C@H](C)C=C2C=CC(C)[C@H](CCC3CC(OC(=O)OCCOCCOCCOCCOC(=O)CCCCC4CCSS4)CC(=O)O3)[C@@H]21. The molecule has 9 atom stereocenters. The average molecular weight is 813 g/mol. The molecular weight excluding hydrogens is 749 g/mol. The Kier molecular flexibility index (Phi) is 20.8. The van der Waals surface area contributed by atoms with Gasteiger partial charge in [-0.15, -0.1) is 0 Å². The van der Waals surface area contributed by atoms with Gasteiger partial charge in [-0.1, -0.05) is 73.9 Å². The van der Waals surface area contributed by atoms with Crippen LogP contribution in [0.5, 0.6) is 0 Å². The number of unbranched alkanes of at least 4 members (excludes halogenated alkanes) is 1. The lowest BCUT2D eigenvalue weighted by Gasteiger charge is -2.43. The van der Waals surface area contributed by atoms with E-state index in [1.807, 2.05) is 35.4 Å². The van der Waals surface area contributed by atoms with Crippen LogP contribution < -0.4 is 0 Å². The van der Waals surface area contributed by atoms with Gasteiger partial charge in [-0.3, -0.25) is 14.4 Å². The molecular formula is C41H64O12S2. The summed E-state index contributed by atoms with van der Waals surface area (Å²) in [6.45, 7) is 10.4. The Morgan fingerprint density at radius 3 is 2.29 bits per heavy atom. The summed E-state index contributed by atoms with van der Waals surface area (Å²) in [5.41, 5.74) is 1.22. The van der Waals surface area contributed by atoms with Gasteiger partial charge in [0, 0.05) is 29.8 Å². The highest BCUT2D eigenvalue weighted by atomic mass is 33.1. The molecule has 2 saturated heterocycles. The first kappa shape index (κ1) is 45.4. The third-order valence-electron chi connectivity index (χ3n) is 10.7. The molecule has 312 valence electrons. The van der Waals surface area contributed by atoms with E-state index in [1.54, 1.807) is 0 Å². The lowest BCUT2D eigenvalue weighted by molar-refractivity contribution is -0.163. The molecule has 0 N–H and O–H groups in total. The smallest absolute Gasteiger partial charge is 0.463 e. The Balaban J connectivity index is 1.02. The van der Waals surface area contributed by atoms with Crippen LogP contribution in [0.15, 0.2) is 23.8 Å². The van der Waals surface area contributed by atoms with Crippen molar-refractivity contribution in [1.29, 1.82) is 0 Å². The van der Waals surface area contributed by atoms with E-state index < -0.39 is 18.2 Å². The van der Waals surface area contributed by atoms with Gasteiger partial charge in [-0.05, 0) is 68.3 Å². The van der Waals surface area contributed by atoms with Crippen molar-refractivity contribution in [3.63, 3.8) is 0 Å². The first-order chi connectivity index (χ1) is 26.6. The van der Waals surface area contributed by atoms with E-state index in [0.717, 1.165) is 37.4 Å². The Labute approximate surface area is 335 Å². The summed E-state index contributed by atoms with van der Waals surface area (Å²) in [4.78, 5) is 49.6. The second-order valence-corrected chi connectivity index (χ2v) is 18.0. The third kappa shape index (κ3) is 16.6. The highest BCUT2D eigenvalue weighted by Crippen LogP contribution is 2.45. The minimum Gasteiger partial charge on any atom is -0.463 e. The van der Waals surface area contributed by atoms with Gasteiger partial charge in [-0.2, -0.15) is 0 Å². The van der Waals surface area contributed by atoms with Gasteiger partial charge in [-0.25, -0.2) is 4.79 Å². The Morgan fingerprint density at radius 1 is 0.891 bits per heavy atom. The monoisotopic (exact) mass is 812 g/mol. The van der Waals surface area contributed by atoms with Crippen LogP contribution in [0.1, 0.15) is 98.3 Å². The van der Waals surface area contributed by atoms with Crippen molar-refractivity contribution in [2.75, 3.05) is 58.6 Å². The molecule has 55 heavy (non-hydrogen) atoms. The number of carbonyl (C=O) groups is 4. The summed E-state index contributed by atoms with van der Waals surface area (Å²) < 4.78 is 44.1. The quantitative estimate of drug-likeness (QED) is 0.0407. The highest BCUT2D eigenvalue weighted by molar-refractivity contribution is 8.77. The van der Waals surface area contributed by atoms with Gasteiger partial charge in [0.1, 0.15) is 31.5 Å². The molecule has 12 nitrogen and oxygen atoms in total. The second-order valence-electron chi connectivity index (χ2n) is 15.2. The molecule has 2 fully saturated rings. The van der Waals surface area contributed by atoms with E-state index in [9.17, 15) is 19.2 Å². The van der Waals surface area contributed by atoms with Crippen molar-refractivity contribution < 1.29 is 57.1 Å². The molecule has 0 aromatic rings. The van der Waals surface area contributed by atoms with Gasteiger partial charge in [0.05, 0.1) is 52.0 Å². The van der Waals surface area contributed by atoms with Crippen molar-refractivity contribution in [3.05, 3.63) is 23.8 Å². The number of cyclic esters (lactones) is 1. The lowest BCUT2D eigenvalue weighted by Crippen LogP contribution is -2.42. The van der Waals surface area contributed by atoms with E-state index in [0.29, 0.717) is 58.2 Å².